The summed E-state index contributed by atoms with van der Waals surface area (Å²) in [6, 6.07) is 6.54. The number of rotatable bonds is 4. The molecule has 7 heterocycles. The molecule has 4 aromatic rings. The van der Waals surface area contributed by atoms with E-state index in [0.29, 0.717) is 18.9 Å². The first-order valence-corrected chi connectivity index (χ1v) is 14.8. The van der Waals surface area contributed by atoms with Gasteiger partial charge >= 0.3 is 0 Å². The van der Waals surface area contributed by atoms with Gasteiger partial charge in [-0.1, -0.05) is 5.21 Å². The summed E-state index contributed by atoms with van der Waals surface area (Å²) in [7, 11) is -1.07. The van der Waals surface area contributed by atoms with Crippen LogP contribution in [0, 0.1) is 12.8 Å². The number of fused-ring (bicyclic) bond motifs is 5. The Kier molecular flexibility index (Phi) is 5.13. The van der Waals surface area contributed by atoms with Gasteiger partial charge in [0.1, 0.15) is 11.5 Å². The summed E-state index contributed by atoms with van der Waals surface area (Å²) in [6.45, 7) is 6.32. The average molecular weight is 522 g/mol. The van der Waals surface area contributed by atoms with Gasteiger partial charge in [0.2, 0.25) is 0 Å². The molecule has 10 nitrogen and oxygen atoms in total. The number of sulfone groups is 1. The molecule has 3 aliphatic rings. The fourth-order valence-corrected chi connectivity index (χ4v) is 8.74. The maximum absolute atomic E-state index is 12.3. The lowest BCUT2D eigenvalue weighted by molar-refractivity contribution is 0.0524. The normalized spacial score (nSPS) is 24.5. The van der Waals surface area contributed by atoms with E-state index in [-0.39, 0.29) is 23.1 Å². The summed E-state index contributed by atoms with van der Waals surface area (Å²) >= 11 is 0. The first-order chi connectivity index (χ1) is 17.8. The van der Waals surface area contributed by atoms with Crippen LogP contribution >= 0.6 is 0 Å². The number of anilines is 1. The third-order valence-corrected chi connectivity index (χ3v) is 10.9. The number of nitrogens with zero attached hydrogens (tertiary/aromatic N) is 7. The van der Waals surface area contributed by atoms with Crippen molar-refractivity contribution in [3.05, 3.63) is 30.1 Å². The second kappa shape index (κ2) is 8.22. The topological polar surface area (TPSA) is 108 Å². The van der Waals surface area contributed by atoms with Crippen molar-refractivity contribution in [3.63, 3.8) is 0 Å². The van der Waals surface area contributed by atoms with Crippen molar-refractivity contribution >= 4 is 37.7 Å². The molecular weight excluding hydrogens is 490 g/mol. The maximum Gasteiger partial charge on any atom is 0.156 e. The minimum Gasteiger partial charge on any atom is -0.381 e. The highest BCUT2D eigenvalue weighted by Crippen LogP contribution is 2.40. The van der Waals surface area contributed by atoms with E-state index in [1.54, 1.807) is 4.68 Å². The summed E-state index contributed by atoms with van der Waals surface area (Å²) < 4.78 is 34.5. The highest BCUT2D eigenvalue weighted by atomic mass is 32.2. The van der Waals surface area contributed by atoms with Gasteiger partial charge in [0.15, 0.2) is 9.84 Å². The van der Waals surface area contributed by atoms with Crippen LogP contribution in [0.3, 0.4) is 0 Å². The lowest BCUT2D eigenvalue weighted by atomic mass is 9.92. The Morgan fingerprint density at radius 2 is 2.00 bits per heavy atom. The minimum absolute atomic E-state index is 0.00994. The second-order valence-electron chi connectivity index (χ2n) is 10.8. The summed E-state index contributed by atoms with van der Waals surface area (Å²) in [6.07, 6.45) is 4.61. The van der Waals surface area contributed by atoms with Crippen LogP contribution in [-0.2, 0) is 21.6 Å². The second-order valence-corrected chi connectivity index (χ2v) is 13.2. The third kappa shape index (κ3) is 3.50. The van der Waals surface area contributed by atoms with Crippen molar-refractivity contribution in [1.82, 2.24) is 29.5 Å². The van der Waals surface area contributed by atoms with Crippen molar-refractivity contribution in [2.45, 2.75) is 50.4 Å². The number of aryl methyl sites for hydroxylation is 2. The molecule has 0 aromatic carbocycles. The molecule has 0 spiro atoms. The Morgan fingerprint density at radius 1 is 1.19 bits per heavy atom. The summed E-state index contributed by atoms with van der Waals surface area (Å²) in [4.78, 5) is 12.3. The molecule has 37 heavy (non-hydrogen) atoms. The van der Waals surface area contributed by atoms with Gasteiger partial charge in [-0.05, 0) is 57.2 Å². The van der Waals surface area contributed by atoms with Crippen LogP contribution in [0.1, 0.15) is 37.9 Å². The molecule has 194 valence electrons. The predicted octanol–water partition coefficient (Wildman–Crippen LogP) is 3.05. The molecular formula is C26H31N7O3S. The Morgan fingerprint density at radius 3 is 2.68 bits per heavy atom. The summed E-state index contributed by atoms with van der Waals surface area (Å²) in [5, 5.41) is 9.16. The molecule has 0 aliphatic carbocycles. The van der Waals surface area contributed by atoms with E-state index in [2.05, 4.69) is 38.8 Å². The molecule has 0 radical (unpaired) electrons. The molecule has 3 fully saturated rings. The van der Waals surface area contributed by atoms with Crippen LogP contribution in [0.5, 0.6) is 0 Å². The molecule has 11 heteroatoms. The van der Waals surface area contributed by atoms with Crippen molar-refractivity contribution < 1.29 is 13.2 Å². The molecule has 3 aliphatic heterocycles. The van der Waals surface area contributed by atoms with Crippen LogP contribution in [-0.4, -0.2) is 74.7 Å². The largest absolute Gasteiger partial charge is 0.381 e. The fourth-order valence-electron chi connectivity index (χ4n) is 6.71. The SMILES string of the molecule is Cc1nnn(C)c1-c1cnc2c3ccc(N4CC5CC4CS5(=O)=O)nc3n([C@H](C)C3CCOCC3)c2c1. The van der Waals surface area contributed by atoms with Gasteiger partial charge in [-0.2, -0.15) is 0 Å². The molecule has 0 N–H and O–H groups in total. The van der Waals surface area contributed by atoms with E-state index in [4.69, 9.17) is 14.7 Å². The molecule has 2 bridgehead atoms. The lowest BCUT2D eigenvalue weighted by Crippen LogP contribution is -2.41. The first-order valence-electron chi connectivity index (χ1n) is 13.0. The van der Waals surface area contributed by atoms with Crippen molar-refractivity contribution in [2.24, 2.45) is 13.0 Å². The number of aromatic nitrogens is 6. The predicted molar refractivity (Wildman–Crippen MR) is 141 cm³/mol. The Labute approximate surface area is 215 Å². The summed E-state index contributed by atoms with van der Waals surface area (Å²) in [5.74, 6) is 1.54. The van der Waals surface area contributed by atoms with E-state index < -0.39 is 9.84 Å². The zero-order valence-corrected chi connectivity index (χ0v) is 22.1. The Bertz CT molecular complexity index is 1620. The molecule has 3 saturated heterocycles. The van der Waals surface area contributed by atoms with Gasteiger partial charge < -0.3 is 14.2 Å². The van der Waals surface area contributed by atoms with Crippen LogP contribution in [0.2, 0.25) is 0 Å². The number of ether oxygens (including phenoxy) is 1. The average Bonchev–Trinajstić information content (AvgIpc) is 3.62. The standard InChI is InChI=1S/C26H31N7O3S/c1-15-25(31(3)30-29-15)18-10-22-24(27-12-18)21-4-5-23(32-13-20-11-19(32)14-37(20,34)35)28-26(21)33(22)16(2)17-6-8-36-9-7-17/h4-5,10,12,16-17,19-20H,6-9,11,13-14H2,1-3H3/t16-,19?,20?/m1/s1. The molecule has 0 saturated carbocycles. The van der Waals surface area contributed by atoms with E-state index in [9.17, 15) is 8.42 Å². The van der Waals surface area contributed by atoms with Gasteiger partial charge in [-0.3, -0.25) is 4.98 Å². The zero-order chi connectivity index (χ0) is 25.5. The Hall–Kier alpha value is -3.05. The maximum atomic E-state index is 12.3. The first kappa shape index (κ1) is 23.1. The van der Waals surface area contributed by atoms with E-state index >= 15 is 0 Å². The lowest BCUT2D eigenvalue weighted by Gasteiger charge is -2.30. The quantitative estimate of drug-likeness (QED) is 0.403. The van der Waals surface area contributed by atoms with Gasteiger partial charge in [-0.15, -0.1) is 5.10 Å². The molecule has 2 unspecified atom stereocenters. The van der Waals surface area contributed by atoms with Gasteiger partial charge in [-0.25, -0.2) is 18.1 Å². The van der Waals surface area contributed by atoms with Crippen molar-refractivity contribution in [2.75, 3.05) is 30.4 Å². The molecule has 0 amide bonds. The fraction of sp³-hybridized carbons (Fsp3) is 0.538. The highest BCUT2D eigenvalue weighted by molar-refractivity contribution is 7.92. The smallest absolute Gasteiger partial charge is 0.156 e. The number of pyridine rings is 2. The number of hydrogen-bond donors (Lipinski definition) is 0. The van der Waals surface area contributed by atoms with Crippen LogP contribution in [0.25, 0.3) is 33.3 Å². The summed E-state index contributed by atoms with van der Waals surface area (Å²) in [5.41, 5.74) is 5.66. The van der Waals surface area contributed by atoms with Gasteiger partial charge in [0.25, 0.3) is 0 Å². The van der Waals surface area contributed by atoms with Gasteiger partial charge in [0.05, 0.1) is 33.4 Å². The van der Waals surface area contributed by atoms with Crippen molar-refractivity contribution in [1.29, 1.82) is 0 Å². The monoisotopic (exact) mass is 521 g/mol. The van der Waals surface area contributed by atoms with Gasteiger partial charge in [0, 0.05) is 56.0 Å². The zero-order valence-electron chi connectivity index (χ0n) is 21.3. The van der Waals surface area contributed by atoms with Crippen molar-refractivity contribution in [3.8, 4) is 11.3 Å². The molecule has 7 rings (SSSR count). The molecule has 3 atom stereocenters. The van der Waals surface area contributed by atoms with Crippen LogP contribution in [0.15, 0.2) is 24.4 Å². The number of hydrogen-bond acceptors (Lipinski definition) is 8. The minimum atomic E-state index is -2.97. The Balaban J connectivity index is 1.41. The van der Waals surface area contributed by atoms with Crippen LogP contribution in [0.4, 0.5) is 5.82 Å². The van der Waals surface area contributed by atoms with E-state index in [0.717, 1.165) is 70.9 Å². The highest BCUT2D eigenvalue weighted by Gasteiger charge is 2.48. The molecule has 4 aromatic heterocycles. The van der Waals surface area contributed by atoms with E-state index in [1.807, 2.05) is 26.2 Å². The van der Waals surface area contributed by atoms with Crippen LogP contribution < -0.4 is 4.90 Å². The third-order valence-electron chi connectivity index (χ3n) is 8.70. The van der Waals surface area contributed by atoms with E-state index in [1.165, 1.54) is 0 Å².